The van der Waals surface area contributed by atoms with Crippen LogP contribution in [0.15, 0.2) is 73.5 Å². The first-order chi connectivity index (χ1) is 11.8. The molecular formula is C18H16AsClN4. The van der Waals surface area contributed by atoms with Crippen molar-refractivity contribution in [3.63, 3.8) is 0 Å². The van der Waals surface area contributed by atoms with Crippen LogP contribution in [-0.2, 0) is 5.21 Å². The molecule has 24 heavy (non-hydrogen) atoms. The van der Waals surface area contributed by atoms with Crippen molar-refractivity contribution < 1.29 is 0 Å². The Bertz CT molecular complexity index is 862. The zero-order valence-electron chi connectivity index (χ0n) is 12.9. The van der Waals surface area contributed by atoms with E-state index >= 15 is 0 Å². The Hall–Kier alpha value is -2.16. The minimum atomic E-state index is -0.411. The van der Waals surface area contributed by atoms with E-state index in [1.54, 1.807) is 12.5 Å². The Balaban J connectivity index is 1.65. The summed E-state index contributed by atoms with van der Waals surface area (Å²) < 4.78 is 4.35. The van der Waals surface area contributed by atoms with E-state index in [1.165, 1.54) is 5.56 Å². The van der Waals surface area contributed by atoms with Gasteiger partial charge in [-0.15, -0.1) is 0 Å². The molecule has 4 rings (SSSR count). The zero-order valence-corrected chi connectivity index (χ0v) is 15.7. The number of imidazole rings is 1. The Morgan fingerprint density at radius 2 is 2.00 bits per heavy atom. The van der Waals surface area contributed by atoms with Crippen LogP contribution in [0.5, 0.6) is 0 Å². The van der Waals surface area contributed by atoms with Gasteiger partial charge in [-0.2, -0.15) is 0 Å². The van der Waals surface area contributed by atoms with Crippen LogP contribution in [0.3, 0.4) is 0 Å². The van der Waals surface area contributed by atoms with Crippen molar-refractivity contribution >= 4 is 44.8 Å². The van der Waals surface area contributed by atoms with Crippen LogP contribution in [0.25, 0.3) is 5.82 Å². The standard InChI is InChI=1S/C18H16AsClN4/c20-15-6-7-16-17(10-15)24(19-11-14-4-2-1-3-5-14)12-18(22-16)23-9-8-21-13-23/h1-10,12-13,19,22H,11H2. The van der Waals surface area contributed by atoms with Gasteiger partial charge in [-0.1, -0.05) is 0 Å². The Morgan fingerprint density at radius 3 is 2.79 bits per heavy atom. The van der Waals surface area contributed by atoms with Crippen LogP contribution >= 0.6 is 11.6 Å². The maximum atomic E-state index is 6.22. The van der Waals surface area contributed by atoms with Gasteiger partial charge < -0.3 is 0 Å². The van der Waals surface area contributed by atoms with E-state index in [9.17, 15) is 0 Å². The van der Waals surface area contributed by atoms with E-state index in [2.05, 4.69) is 50.6 Å². The van der Waals surface area contributed by atoms with Gasteiger partial charge in [0.25, 0.3) is 0 Å². The van der Waals surface area contributed by atoms with Crippen molar-refractivity contribution in [3.05, 3.63) is 84.0 Å². The van der Waals surface area contributed by atoms with Gasteiger partial charge in [-0.05, 0) is 0 Å². The SMILES string of the molecule is Clc1ccc2c(c1)N([AsH]Cc1ccccc1)C=C(n1ccnc1)N2. The molecule has 1 aliphatic heterocycles. The third-order valence-electron chi connectivity index (χ3n) is 3.81. The van der Waals surface area contributed by atoms with Crippen molar-refractivity contribution in [2.75, 3.05) is 9.13 Å². The van der Waals surface area contributed by atoms with Crippen LogP contribution in [0, 0.1) is 0 Å². The number of aromatic nitrogens is 2. The molecule has 1 unspecified atom stereocenters. The fourth-order valence-electron chi connectivity index (χ4n) is 2.61. The number of nitrogens with one attached hydrogen (secondary N) is 1. The Morgan fingerprint density at radius 1 is 1.12 bits per heavy atom. The maximum absolute atomic E-state index is 6.22. The fraction of sp³-hybridized carbons (Fsp3) is 0.0556. The van der Waals surface area contributed by atoms with Crippen LogP contribution in [-0.4, -0.2) is 25.5 Å². The summed E-state index contributed by atoms with van der Waals surface area (Å²) in [6.07, 6.45) is 7.68. The molecule has 2 aromatic carbocycles. The first kappa shape index (κ1) is 15.4. The summed E-state index contributed by atoms with van der Waals surface area (Å²) in [5, 5.41) is 5.30. The molecule has 1 aliphatic rings. The van der Waals surface area contributed by atoms with Crippen molar-refractivity contribution in [2.24, 2.45) is 0 Å². The number of benzene rings is 2. The van der Waals surface area contributed by atoms with Crippen molar-refractivity contribution in [1.29, 1.82) is 0 Å². The van der Waals surface area contributed by atoms with Crippen molar-refractivity contribution in [1.82, 2.24) is 9.55 Å². The number of halogens is 1. The van der Waals surface area contributed by atoms with Gasteiger partial charge in [-0.25, -0.2) is 0 Å². The summed E-state index contributed by atoms with van der Waals surface area (Å²) in [5.74, 6) is 0.999. The summed E-state index contributed by atoms with van der Waals surface area (Å²) in [7, 11) is 0. The van der Waals surface area contributed by atoms with Gasteiger partial charge in [0.15, 0.2) is 0 Å². The zero-order chi connectivity index (χ0) is 16.4. The molecule has 0 spiro atoms. The predicted molar refractivity (Wildman–Crippen MR) is 101 cm³/mol. The van der Waals surface area contributed by atoms with Crippen LogP contribution in [0.2, 0.25) is 5.02 Å². The van der Waals surface area contributed by atoms with Gasteiger partial charge in [0.05, 0.1) is 0 Å². The molecule has 4 nitrogen and oxygen atoms in total. The molecule has 6 heteroatoms. The van der Waals surface area contributed by atoms with E-state index in [1.807, 2.05) is 29.0 Å². The first-order valence-electron chi connectivity index (χ1n) is 7.63. The molecule has 0 fully saturated rings. The molecule has 0 saturated heterocycles. The average Bonchev–Trinajstić information content (AvgIpc) is 3.15. The van der Waals surface area contributed by atoms with E-state index in [0.29, 0.717) is 0 Å². The molecule has 2 heterocycles. The number of fused-ring (bicyclic) bond motifs is 1. The number of anilines is 2. The normalized spacial score (nSPS) is 13.7. The number of nitrogens with zero attached hydrogens (tertiary/aromatic N) is 3. The summed E-state index contributed by atoms with van der Waals surface area (Å²) in [4.78, 5) is 4.14. The minimum absolute atomic E-state index is 0.411. The van der Waals surface area contributed by atoms with Crippen molar-refractivity contribution in [3.8, 4) is 0 Å². The molecule has 0 radical (unpaired) electrons. The third-order valence-corrected chi connectivity index (χ3v) is 6.73. The molecule has 0 saturated carbocycles. The van der Waals surface area contributed by atoms with Gasteiger partial charge >= 0.3 is 153 Å². The topological polar surface area (TPSA) is 33.1 Å². The quantitative estimate of drug-likeness (QED) is 0.679. The second kappa shape index (κ2) is 6.76. The van der Waals surface area contributed by atoms with Crippen LogP contribution in [0.1, 0.15) is 5.56 Å². The predicted octanol–water partition coefficient (Wildman–Crippen LogP) is 3.78. The first-order valence-corrected chi connectivity index (χ1v) is 10.4. The van der Waals surface area contributed by atoms with E-state index in [-0.39, 0.29) is 0 Å². The van der Waals surface area contributed by atoms with Gasteiger partial charge in [-0.3, -0.25) is 0 Å². The molecule has 3 aromatic rings. The molecule has 1 aromatic heterocycles. The van der Waals surface area contributed by atoms with Crippen LogP contribution < -0.4 is 9.13 Å². The van der Waals surface area contributed by atoms with Gasteiger partial charge in [0.2, 0.25) is 0 Å². The molecule has 0 bridgehead atoms. The van der Waals surface area contributed by atoms with E-state index in [0.717, 1.165) is 27.4 Å². The summed E-state index contributed by atoms with van der Waals surface area (Å²) in [6, 6.07) is 16.6. The fourth-order valence-corrected chi connectivity index (χ4v) is 5.20. The second-order valence-corrected chi connectivity index (χ2v) is 8.31. The summed E-state index contributed by atoms with van der Waals surface area (Å²) >= 11 is 5.81. The molecular weight excluding hydrogens is 383 g/mol. The molecule has 1 atom stereocenters. The van der Waals surface area contributed by atoms with Gasteiger partial charge in [0.1, 0.15) is 0 Å². The third kappa shape index (κ3) is 3.21. The Labute approximate surface area is 152 Å². The summed E-state index contributed by atoms with van der Waals surface area (Å²) in [5.41, 5.74) is 3.59. The molecule has 120 valence electrons. The van der Waals surface area contributed by atoms with Gasteiger partial charge in [0, 0.05) is 0 Å². The molecule has 0 aliphatic carbocycles. The second-order valence-electron chi connectivity index (χ2n) is 5.46. The molecule has 0 amide bonds. The van der Waals surface area contributed by atoms with E-state index in [4.69, 9.17) is 11.6 Å². The average molecular weight is 399 g/mol. The molecule has 1 N–H and O–H groups in total. The number of rotatable bonds is 4. The van der Waals surface area contributed by atoms with Crippen molar-refractivity contribution in [2.45, 2.75) is 5.21 Å². The monoisotopic (exact) mass is 398 g/mol. The number of hydrogen-bond acceptors (Lipinski definition) is 3. The van der Waals surface area contributed by atoms with Crippen LogP contribution in [0.4, 0.5) is 11.4 Å². The van der Waals surface area contributed by atoms with E-state index < -0.39 is 16.0 Å². The Kier molecular flexibility index (Phi) is 4.33. The summed E-state index contributed by atoms with van der Waals surface area (Å²) in [6.45, 7) is 0. The number of hydrogen-bond donors (Lipinski definition) is 1.